The van der Waals surface area contributed by atoms with E-state index in [1.54, 1.807) is 36.4 Å². The molecule has 34 heavy (non-hydrogen) atoms. The number of nitrogens with zero attached hydrogens (tertiary/aromatic N) is 1. The molecule has 0 aliphatic carbocycles. The predicted molar refractivity (Wildman–Crippen MR) is 130 cm³/mol. The highest BCUT2D eigenvalue weighted by Gasteiger charge is 2.35. The number of nitrogens with one attached hydrogen (secondary N) is 1. The summed E-state index contributed by atoms with van der Waals surface area (Å²) < 4.78 is 11.4. The molecule has 1 fully saturated rings. The molecule has 2 heterocycles. The minimum atomic E-state index is -0.585. The van der Waals surface area contributed by atoms with Gasteiger partial charge in [0.1, 0.15) is 28.6 Å². The molecule has 7 nitrogen and oxygen atoms in total. The number of phenols is 1. The Labute approximate surface area is 200 Å². The number of allylic oxidation sites excluding steroid dienone is 2. The van der Waals surface area contributed by atoms with Crippen LogP contribution in [0, 0.1) is 0 Å². The fourth-order valence-corrected chi connectivity index (χ4v) is 3.95. The van der Waals surface area contributed by atoms with E-state index >= 15 is 0 Å². The highest BCUT2D eigenvalue weighted by atomic mass is 32.1. The molecule has 3 aromatic rings. The van der Waals surface area contributed by atoms with Crippen LogP contribution >= 0.6 is 12.2 Å². The van der Waals surface area contributed by atoms with Crippen LogP contribution in [0.4, 0.5) is 5.69 Å². The second-order valence-electron chi connectivity index (χ2n) is 7.65. The third-order valence-electron chi connectivity index (χ3n) is 5.28. The van der Waals surface area contributed by atoms with Crippen molar-refractivity contribution >= 4 is 34.8 Å². The lowest BCUT2D eigenvalue weighted by Gasteiger charge is -2.29. The van der Waals surface area contributed by atoms with Gasteiger partial charge in [-0.2, -0.15) is 0 Å². The third-order valence-corrected chi connectivity index (χ3v) is 5.57. The van der Waals surface area contributed by atoms with Gasteiger partial charge < -0.3 is 14.6 Å². The van der Waals surface area contributed by atoms with Crippen molar-refractivity contribution < 1.29 is 24.2 Å². The van der Waals surface area contributed by atoms with Crippen molar-refractivity contribution in [3.05, 3.63) is 102 Å². The monoisotopic (exact) mass is 470 g/mol. The number of fused-ring (bicyclic) bond motifs is 1. The minimum absolute atomic E-state index is 0.00646. The van der Waals surface area contributed by atoms with Gasteiger partial charge in [0.25, 0.3) is 11.8 Å². The molecule has 0 radical (unpaired) electrons. The molecule has 0 bridgehead atoms. The highest BCUT2D eigenvalue weighted by Crippen LogP contribution is 2.31. The number of rotatable bonds is 4. The molecule has 2 aliphatic heterocycles. The SMILES string of the molecule is O=C1NC(=S)N(c2ccc(Oc3ccccc3)cc2)C(=O)C1=CC1=COc2ccc(O)cc2C1. The first-order valence-electron chi connectivity index (χ1n) is 10.4. The minimum Gasteiger partial charge on any atom is -0.508 e. The van der Waals surface area contributed by atoms with Crippen molar-refractivity contribution in [3.63, 3.8) is 0 Å². The summed E-state index contributed by atoms with van der Waals surface area (Å²) in [6.45, 7) is 0. The van der Waals surface area contributed by atoms with Gasteiger partial charge in [-0.05, 0) is 78.5 Å². The van der Waals surface area contributed by atoms with Gasteiger partial charge in [0.2, 0.25) is 0 Å². The Balaban J connectivity index is 1.38. The first-order chi connectivity index (χ1) is 16.5. The molecule has 168 valence electrons. The number of anilines is 1. The quantitative estimate of drug-likeness (QED) is 0.334. The molecule has 2 aliphatic rings. The van der Waals surface area contributed by atoms with E-state index in [0.29, 0.717) is 34.9 Å². The number of phenolic OH excluding ortho intramolecular Hbond substituents is 1. The van der Waals surface area contributed by atoms with Crippen LogP contribution in [0.5, 0.6) is 23.0 Å². The Morgan fingerprint density at radius 2 is 1.74 bits per heavy atom. The van der Waals surface area contributed by atoms with Crippen molar-refractivity contribution in [1.82, 2.24) is 5.32 Å². The maximum Gasteiger partial charge on any atom is 0.270 e. The van der Waals surface area contributed by atoms with Crippen molar-refractivity contribution in [2.75, 3.05) is 4.90 Å². The smallest absolute Gasteiger partial charge is 0.270 e. The van der Waals surface area contributed by atoms with Crippen LogP contribution in [0.15, 0.2) is 96.3 Å². The van der Waals surface area contributed by atoms with Gasteiger partial charge in [-0.1, -0.05) is 18.2 Å². The van der Waals surface area contributed by atoms with E-state index in [0.717, 1.165) is 5.56 Å². The standard InChI is InChI=1S/C26H18N2O5S/c29-19-8-11-23-17(14-19)12-16(15-32-23)13-22-24(30)27-26(34)28(25(22)31)18-6-9-21(10-7-18)33-20-4-2-1-3-5-20/h1-11,13-15,29H,12H2,(H,27,30,34). The molecular weight excluding hydrogens is 452 g/mol. The van der Waals surface area contributed by atoms with Gasteiger partial charge >= 0.3 is 0 Å². The van der Waals surface area contributed by atoms with Crippen LogP contribution in [-0.4, -0.2) is 22.0 Å². The number of hydrogen-bond acceptors (Lipinski definition) is 6. The van der Waals surface area contributed by atoms with Crippen LogP contribution in [0.25, 0.3) is 0 Å². The van der Waals surface area contributed by atoms with E-state index < -0.39 is 11.8 Å². The van der Waals surface area contributed by atoms with Gasteiger partial charge in [0, 0.05) is 12.0 Å². The van der Waals surface area contributed by atoms with E-state index in [2.05, 4.69) is 5.32 Å². The molecule has 3 aromatic carbocycles. The summed E-state index contributed by atoms with van der Waals surface area (Å²) in [5, 5.41) is 12.3. The summed E-state index contributed by atoms with van der Waals surface area (Å²) in [6.07, 6.45) is 3.36. The number of benzene rings is 3. The van der Waals surface area contributed by atoms with Crippen molar-refractivity contribution in [3.8, 4) is 23.0 Å². The highest BCUT2D eigenvalue weighted by molar-refractivity contribution is 7.80. The fraction of sp³-hybridized carbons (Fsp3) is 0.0385. The molecular formula is C26H18N2O5S. The maximum absolute atomic E-state index is 13.3. The number of hydrogen-bond donors (Lipinski definition) is 2. The predicted octanol–water partition coefficient (Wildman–Crippen LogP) is 4.38. The molecule has 2 amide bonds. The number of thiocarbonyl (C=S) groups is 1. The van der Waals surface area contributed by atoms with Crippen molar-refractivity contribution in [1.29, 1.82) is 0 Å². The summed E-state index contributed by atoms with van der Waals surface area (Å²) in [6, 6.07) is 20.9. The zero-order valence-corrected chi connectivity index (χ0v) is 18.5. The van der Waals surface area contributed by atoms with Gasteiger partial charge in [-0.25, -0.2) is 0 Å². The van der Waals surface area contributed by atoms with E-state index in [9.17, 15) is 14.7 Å². The lowest BCUT2D eigenvalue weighted by molar-refractivity contribution is -0.122. The molecule has 0 atom stereocenters. The van der Waals surface area contributed by atoms with Gasteiger partial charge in [-0.15, -0.1) is 0 Å². The summed E-state index contributed by atoms with van der Waals surface area (Å²) in [5.41, 5.74) is 1.78. The van der Waals surface area contributed by atoms with Crippen molar-refractivity contribution in [2.45, 2.75) is 6.42 Å². The number of carbonyl (C=O) groups is 2. The lowest BCUT2D eigenvalue weighted by Crippen LogP contribution is -2.54. The average molecular weight is 471 g/mol. The lowest BCUT2D eigenvalue weighted by atomic mass is 9.99. The molecule has 8 heteroatoms. The Morgan fingerprint density at radius 1 is 1.00 bits per heavy atom. The first kappa shape index (κ1) is 21.4. The van der Waals surface area contributed by atoms with E-state index in [-0.39, 0.29) is 16.4 Å². The van der Waals surface area contributed by atoms with E-state index in [4.69, 9.17) is 21.7 Å². The maximum atomic E-state index is 13.3. The van der Waals surface area contributed by atoms with Gasteiger partial charge in [0.15, 0.2) is 5.11 Å². The Hall–Kier alpha value is -4.43. The zero-order chi connectivity index (χ0) is 23.7. The summed E-state index contributed by atoms with van der Waals surface area (Å²) in [5.74, 6) is 0.872. The molecule has 2 N–H and O–H groups in total. The summed E-state index contributed by atoms with van der Waals surface area (Å²) in [4.78, 5) is 27.1. The van der Waals surface area contributed by atoms with Crippen LogP contribution in [0.1, 0.15) is 5.56 Å². The van der Waals surface area contributed by atoms with Crippen LogP contribution in [0.3, 0.4) is 0 Å². The number of aromatic hydroxyl groups is 1. The Kier molecular flexibility index (Phi) is 5.57. The first-order valence-corrected chi connectivity index (χ1v) is 10.8. The average Bonchev–Trinajstić information content (AvgIpc) is 2.83. The fourth-order valence-electron chi connectivity index (χ4n) is 3.67. The van der Waals surface area contributed by atoms with Gasteiger partial charge in [-0.3, -0.25) is 19.8 Å². The second kappa shape index (κ2) is 8.84. The number of ether oxygens (including phenoxy) is 2. The second-order valence-corrected chi connectivity index (χ2v) is 8.03. The number of amides is 2. The molecule has 5 rings (SSSR count). The van der Waals surface area contributed by atoms with Crippen LogP contribution in [0.2, 0.25) is 0 Å². The number of para-hydroxylation sites is 1. The Morgan fingerprint density at radius 3 is 2.50 bits per heavy atom. The van der Waals surface area contributed by atoms with Gasteiger partial charge in [0.05, 0.1) is 11.9 Å². The van der Waals surface area contributed by atoms with Crippen LogP contribution in [-0.2, 0) is 16.0 Å². The Bertz CT molecular complexity index is 1360. The summed E-state index contributed by atoms with van der Waals surface area (Å²) >= 11 is 5.27. The normalized spacial score (nSPS) is 16.5. The third kappa shape index (κ3) is 4.26. The summed E-state index contributed by atoms with van der Waals surface area (Å²) in [7, 11) is 0. The van der Waals surface area contributed by atoms with Crippen molar-refractivity contribution in [2.24, 2.45) is 0 Å². The van der Waals surface area contributed by atoms with Crippen LogP contribution < -0.4 is 19.7 Å². The molecule has 0 unspecified atom stereocenters. The number of carbonyl (C=O) groups excluding carboxylic acids is 2. The van der Waals surface area contributed by atoms with E-state index in [1.807, 2.05) is 30.3 Å². The topological polar surface area (TPSA) is 88.1 Å². The molecule has 1 saturated heterocycles. The molecule has 0 saturated carbocycles. The molecule has 0 aromatic heterocycles. The largest absolute Gasteiger partial charge is 0.508 e. The molecule has 0 spiro atoms. The van der Waals surface area contributed by atoms with E-state index in [1.165, 1.54) is 23.3 Å². The zero-order valence-electron chi connectivity index (χ0n) is 17.7.